The third-order valence-electron chi connectivity index (χ3n) is 3.00. The summed E-state index contributed by atoms with van der Waals surface area (Å²) < 4.78 is 24.0. The van der Waals surface area contributed by atoms with E-state index in [1.807, 2.05) is 24.3 Å². The van der Waals surface area contributed by atoms with Gasteiger partial charge in [-0.2, -0.15) is 0 Å². The number of halogens is 1. The average Bonchev–Trinajstić information content (AvgIpc) is 2.48. The smallest absolute Gasteiger partial charge is 0.123 e. The zero-order valence-electron chi connectivity index (χ0n) is 11.6. The molecular formula is C16H16FNO2S. The van der Waals surface area contributed by atoms with E-state index in [0.717, 1.165) is 16.9 Å². The fourth-order valence-electron chi connectivity index (χ4n) is 1.95. The Kier molecular flexibility index (Phi) is 5.25. The maximum absolute atomic E-state index is 13.2. The van der Waals surface area contributed by atoms with Crippen molar-refractivity contribution in [1.82, 2.24) is 0 Å². The lowest BCUT2D eigenvalue weighted by molar-refractivity contribution is 0.107. The minimum atomic E-state index is -0.366. The van der Waals surface area contributed by atoms with E-state index in [4.69, 9.17) is 27.4 Å². The maximum atomic E-state index is 13.2. The van der Waals surface area contributed by atoms with Crippen LogP contribution in [0.2, 0.25) is 0 Å². The second kappa shape index (κ2) is 7.15. The molecule has 0 aliphatic carbocycles. The molecule has 0 heterocycles. The third-order valence-corrected chi connectivity index (χ3v) is 3.22. The summed E-state index contributed by atoms with van der Waals surface area (Å²) in [5.41, 5.74) is 7.87. The number of methoxy groups -OCH3 is 1. The molecule has 110 valence electrons. The molecule has 0 fully saturated rings. The summed E-state index contributed by atoms with van der Waals surface area (Å²) >= 11 is 4.92. The predicted molar refractivity (Wildman–Crippen MR) is 83.8 cm³/mol. The molecule has 0 saturated carbocycles. The maximum Gasteiger partial charge on any atom is 0.123 e. The van der Waals surface area contributed by atoms with E-state index in [-0.39, 0.29) is 10.8 Å². The summed E-state index contributed by atoms with van der Waals surface area (Å²) in [5, 5.41) is 0. The van der Waals surface area contributed by atoms with Crippen LogP contribution in [0.3, 0.4) is 0 Å². The van der Waals surface area contributed by atoms with Gasteiger partial charge in [0, 0.05) is 5.56 Å². The van der Waals surface area contributed by atoms with Crippen LogP contribution in [-0.2, 0) is 18.0 Å². The van der Waals surface area contributed by atoms with Crippen molar-refractivity contribution in [2.45, 2.75) is 13.2 Å². The molecule has 2 N–H and O–H groups in total. The van der Waals surface area contributed by atoms with Crippen LogP contribution in [0, 0.1) is 5.82 Å². The van der Waals surface area contributed by atoms with Gasteiger partial charge in [-0.3, -0.25) is 0 Å². The van der Waals surface area contributed by atoms with E-state index in [1.165, 1.54) is 12.1 Å². The van der Waals surface area contributed by atoms with E-state index in [2.05, 4.69) is 0 Å². The highest BCUT2D eigenvalue weighted by Gasteiger charge is 2.07. The van der Waals surface area contributed by atoms with Gasteiger partial charge >= 0.3 is 0 Å². The van der Waals surface area contributed by atoms with Crippen molar-refractivity contribution in [1.29, 1.82) is 0 Å². The quantitative estimate of drug-likeness (QED) is 0.833. The van der Waals surface area contributed by atoms with Crippen LogP contribution in [0.4, 0.5) is 4.39 Å². The second-order valence-electron chi connectivity index (χ2n) is 4.51. The Bertz CT molecular complexity index is 646. The molecule has 5 heteroatoms. The van der Waals surface area contributed by atoms with Gasteiger partial charge in [-0.25, -0.2) is 4.39 Å². The first-order valence-corrected chi connectivity index (χ1v) is 6.80. The summed E-state index contributed by atoms with van der Waals surface area (Å²) in [6, 6.07) is 11.9. The topological polar surface area (TPSA) is 44.5 Å². The normalized spacial score (nSPS) is 10.4. The van der Waals surface area contributed by atoms with Crippen molar-refractivity contribution in [3.05, 3.63) is 65.0 Å². The number of ether oxygens (including phenoxy) is 2. The van der Waals surface area contributed by atoms with Crippen molar-refractivity contribution in [2.75, 3.05) is 7.11 Å². The molecule has 0 atom stereocenters. The zero-order valence-corrected chi connectivity index (χ0v) is 12.5. The molecule has 0 aliphatic heterocycles. The molecular weight excluding hydrogens is 289 g/mol. The van der Waals surface area contributed by atoms with Crippen LogP contribution < -0.4 is 10.5 Å². The molecule has 0 aromatic heterocycles. The first-order chi connectivity index (χ1) is 10.1. The minimum Gasteiger partial charge on any atom is -0.497 e. The average molecular weight is 305 g/mol. The Labute approximate surface area is 128 Å². The summed E-state index contributed by atoms with van der Waals surface area (Å²) in [5.74, 6) is 0.413. The number of hydrogen-bond acceptors (Lipinski definition) is 3. The molecule has 0 bridgehead atoms. The van der Waals surface area contributed by atoms with Crippen LogP contribution in [0.15, 0.2) is 42.5 Å². The first kappa shape index (κ1) is 15.4. The van der Waals surface area contributed by atoms with E-state index in [1.54, 1.807) is 13.2 Å². The standard InChI is InChI=1S/C16H16FNO2S/c1-19-14-4-2-3-11(7-14)9-20-10-12-5-6-13(17)8-15(12)16(18)21/h2-8H,9-10H2,1H3,(H2,18,21). The number of rotatable bonds is 6. The Morgan fingerprint density at radius 1 is 1.19 bits per heavy atom. The largest absolute Gasteiger partial charge is 0.497 e. The van der Waals surface area contributed by atoms with Gasteiger partial charge in [0.1, 0.15) is 16.6 Å². The third kappa shape index (κ3) is 4.24. The van der Waals surface area contributed by atoms with Crippen molar-refractivity contribution >= 4 is 17.2 Å². The van der Waals surface area contributed by atoms with E-state index >= 15 is 0 Å². The molecule has 0 unspecified atom stereocenters. The van der Waals surface area contributed by atoms with Crippen LogP contribution in [0.1, 0.15) is 16.7 Å². The monoisotopic (exact) mass is 305 g/mol. The van der Waals surface area contributed by atoms with E-state index in [0.29, 0.717) is 18.8 Å². The Hall–Kier alpha value is -1.98. The number of nitrogens with two attached hydrogens (primary N) is 1. The predicted octanol–water partition coefficient (Wildman–Crippen LogP) is 3.19. The Balaban J connectivity index is 2.01. The molecule has 2 rings (SSSR count). The highest BCUT2D eigenvalue weighted by atomic mass is 32.1. The molecule has 0 spiro atoms. The Morgan fingerprint density at radius 3 is 2.71 bits per heavy atom. The summed E-state index contributed by atoms with van der Waals surface area (Å²) in [6.45, 7) is 0.732. The summed E-state index contributed by atoms with van der Waals surface area (Å²) in [6.07, 6.45) is 0. The fraction of sp³-hybridized carbons (Fsp3) is 0.188. The molecule has 0 radical (unpaired) electrons. The van der Waals surface area contributed by atoms with Crippen molar-refractivity contribution in [2.24, 2.45) is 5.73 Å². The van der Waals surface area contributed by atoms with Crippen LogP contribution in [0.25, 0.3) is 0 Å². The van der Waals surface area contributed by atoms with Gasteiger partial charge in [0.25, 0.3) is 0 Å². The molecule has 0 saturated heterocycles. The van der Waals surface area contributed by atoms with Gasteiger partial charge in [-0.1, -0.05) is 30.4 Å². The van der Waals surface area contributed by atoms with E-state index in [9.17, 15) is 4.39 Å². The van der Waals surface area contributed by atoms with Gasteiger partial charge in [-0.05, 0) is 35.4 Å². The van der Waals surface area contributed by atoms with E-state index < -0.39 is 0 Å². The Morgan fingerprint density at radius 2 is 2.00 bits per heavy atom. The highest BCUT2D eigenvalue weighted by molar-refractivity contribution is 7.80. The first-order valence-electron chi connectivity index (χ1n) is 6.39. The van der Waals surface area contributed by atoms with Crippen LogP contribution in [-0.4, -0.2) is 12.1 Å². The number of benzene rings is 2. The van der Waals surface area contributed by atoms with Crippen LogP contribution >= 0.6 is 12.2 Å². The lowest BCUT2D eigenvalue weighted by atomic mass is 10.1. The van der Waals surface area contributed by atoms with Crippen LogP contribution in [0.5, 0.6) is 5.75 Å². The van der Waals surface area contributed by atoms with Gasteiger partial charge in [-0.15, -0.1) is 0 Å². The number of hydrogen-bond donors (Lipinski definition) is 1. The highest BCUT2D eigenvalue weighted by Crippen LogP contribution is 2.16. The molecule has 0 aliphatic rings. The second-order valence-corrected chi connectivity index (χ2v) is 4.95. The molecule has 3 nitrogen and oxygen atoms in total. The molecule has 2 aromatic carbocycles. The summed E-state index contributed by atoms with van der Waals surface area (Å²) in [7, 11) is 1.62. The van der Waals surface area contributed by atoms with Gasteiger partial charge in [0.05, 0.1) is 20.3 Å². The van der Waals surface area contributed by atoms with Gasteiger partial charge in [0.2, 0.25) is 0 Å². The minimum absolute atomic E-state index is 0.162. The van der Waals surface area contributed by atoms with Gasteiger partial charge in [0.15, 0.2) is 0 Å². The lowest BCUT2D eigenvalue weighted by Crippen LogP contribution is -2.13. The lowest BCUT2D eigenvalue weighted by Gasteiger charge is -2.10. The number of thiocarbonyl (C=S) groups is 1. The SMILES string of the molecule is COc1cccc(COCc2ccc(F)cc2C(N)=S)c1. The molecule has 2 aromatic rings. The van der Waals surface area contributed by atoms with Gasteiger partial charge < -0.3 is 15.2 Å². The molecule has 0 amide bonds. The van der Waals surface area contributed by atoms with Crippen molar-refractivity contribution < 1.29 is 13.9 Å². The van der Waals surface area contributed by atoms with Crippen molar-refractivity contribution in [3.8, 4) is 5.75 Å². The summed E-state index contributed by atoms with van der Waals surface area (Å²) in [4.78, 5) is 0.162. The van der Waals surface area contributed by atoms with Crippen molar-refractivity contribution in [3.63, 3.8) is 0 Å². The zero-order chi connectivity index (χ0) is 15.2. The molecule has 21 heavy (non-hydrogen) atoms. The fourth-order valence-corrected chi connectivity index (χ4v) is 2.14.